The summed E-state index contributed by atoms with van der Waals surface area (Å²) in [5, 5.41) is 10.4. The second-order valence-corrected chi connectivity index (χ2v) is 7.44. The lowest BCUT2D eigenvalue weighted by atomic mass is 10.1. The highest BCUT2D eigenvalue weighted by Crippen LogP contribution is 2.15. The third-order valence-electron chi connectivity index (χ3n) is 3.92. The lowest BCUT2D eigenvalue weighted by Gasteiger charge is -2.12. The zero-order chi connectivity index (χ0) is 19.7. The van der Waals surface area contributed by atoms with Crippen LogP contribution < -0.4 is 15.4 Å². The summed E-state index contributed by atoms with van der Waals surface area (Å²) >= 11 is 0. The number of nitrogens with zero attached hydrogens (tertiary/aromatic N) is 3. The van der Waals surface area contributed by atoms with Crippen molar-refractivity contribution in [3.8, 4) is 0 Å². The molecule has 0 saturated heterocycles. The Hall–Kier alpha value is -2.46. The van der Waals surface area contributed by atoms with Crippen LogP contribution in [0.15, 0.2) is 38.9 Å². The molecule has 2 aromatic rings. The van der Waals surface area contributed by atoms with E-state index in [0.717, 1.165) is 29.9 Å². The average molecular weight is 395 g/mol. The molecule has 0 spiro atoms. The zero-order valence-corrected chi connectivity index (χ0v) is 16.6. The van der Waals surface area contributed by atoms with Crippen LogP contribution in [0.4, 0.5) is 0 Å². The van der Waals surface area contributed by atoms with Crippen LogP contribution in [0, 0.1) is 0 Å². The van der Waals surface area contributed by atoms with Crippen LogP contribution in [0.2, 0.25) is 0 Å². The first kappa shape index (κ1) is 20.8. The van der Waals surface area contributed by atoms with Crippen molar-refractivity contribution >= 4 is 16.0 Å². The van der Waals surface area contributed by atoms with Gasteiger partial charge in [-0.2, -0.15) is 0 Å². The average Bonchev–Trinajstić information content (AvgIpc) is 3.10. The van der Waals surface area contributed by atoms with E-state index in [1.54, 1.807) is 13.1 Å². The molecule has 0 aromatic carbocycles. The van der Waals surface area contributed by atoms with Gasteiger partial charge in [0.2, 0.25) is 10.0 Å². The van der Waals surface area contributed by atoms with Crippen LogP contribution in [0.25, 0.3) is 0 Å². The first-order chi connectivity index (χ1) is 13.0. The minimum atomic E-state index is -3.56. The molecular weight excluding hydrogens is 368 g/mol. The molecule has 0 saturated carbocycles. The molecule has 3 N–H and O–H groups in total. The number of guanidine groups is 1. The van der Waals surface area contributed by atoms with Crippen molar-refractivity contribution in [3.05, 3.63) is 41.5 Å². The zero-order valence-electron chi connectivity index (χ0n) is 15.8. The van der Waals surface area contributed by atoms with Gasteiger partial charge < -0.3 is 15.2 Å². The van der Waals surface area contributed by atoms with Crippen molar-refractivity contribution in [3.63, 3.8) is 0 Å². The summed E-state index contributed by atoms with van der Waals surface area (Å²) in [4.78, 5) is 8.11. The van der Waals surface area contributed by atoms with Crippen LogP contribution in [-0.4, -0.2) is 44.7 Å². The van der Waals surface area contributed by atoms with Gasteiger partial charge in [-0.25, -0.2) is 13.1 Å². The molecule has 2 rings (SSSR count). The van der Waals surface area contributed by atoms with Crippen LogP contribution in [0.5, 0.6) is 0 Å². The molecule has 9 nitrogen and oxygen atoms in total. The minimum absolute atomic E-state index is 0.138. The summed E-state index contributed by atoms with van der Waals surface area (Å²) in [5.74, 6) is 1.43. The van der Waals surface area contributed by atoms with Crippen LogP contribution in [0.1, 0.15) is 30.9 Å². The molecule has 0 fully saturated rings. The van der Waals surface area contributed by atoms with Gasteiger partial charge in [0.25, 0.3) is 0 Å². The highest BCUT2D eigenvalue weighted by molar-refractivity contribution is 7.89. The molecule has 0 amide bonds. The van der Waals surface area contributed by atoms with Gasteiger partial charge in [0.05, 0.1) is 5.69 Å². The van der Waals surface area contributed by atoms with Gasteiger partial charge in [-0.05, 0) is 18.6 Å². The largest absolute Gasteiger partial charge is 0.361 e. The maximum absolute atomic E-state index is 12.1. The normalized spacial score (nSPS) is 12.2. The van der Waals surface area contributed by atoms with Crippen molar-refractivity contribution in [2.45, 2.75) is 38.1 Å². The van der Waals surface area contributed by atoms with Crippen LogP contribution >= 0.6 is 0 Å². The Bertz CT molecular complexity index is 827. The number of aliphatic imine (C=N–C) groups is 1. The van der Waals surface area contributed by atoms with Crippen molar-refractivity contribution in [2.24, 2.45) is 4.99 Å². The highest BCUT2D eigenvalue weighted by Gasteiger charge is 2.14. The summed E-state index contributed by atoms with van der Waals surface area (Å²) in [6.45, 7) is 5.18. The van der Waals surface area contributed by atoms with Crippen molar-refractivity contribution in [1.29, 1.82) is 0 Å². The van der Waals surface area contributed by atoms with E-state index in [9.17, 15) is 8.42 Å². The molecule has 0 unspecified atom stereocenters. The fraction of sp³-hybridized carbons (Fsp3) is 0.471. The number of nitrogens with one attached hydrogen (secondary N) is 3. The van der Waals surface area contributed by atoms with Crippen LogP contribution in [0.3, 0.4) is 0 Å². The summed E-state index contributed by atoms with van der Waals surface area (Å²) < 4.78 is 32.1. The highest BCUT2D eigenvalue weighted by atomic mass is 32.2. The number of hydrogen-bond donors (Lipinski definition) is 3. The Morgan fingerprint density at radius 1 is 1.22 bits per heavy atom. The molecule has 0 atom stereocenters. The molecular formula is C17H26N6O3S. The van der Waals surface area contributed by atoms with Gasteiger partial charge in [0, 0.05) is 51.1 Å². The molecule has 10 heteroatoms. The SMILES string of the molecule is CCc1noc(CC)c1CNC(=NC)NCCNS(=O)(=O)c1cccnc1. The summed E-state index contributed by atoms with van der Waals surface area (Å²) in [6, 6.07) is 3.08. The van der Waals surface area contributed by atoms with E-state index in [1.807, 2.05) is 13.8 Å². The molecule has 0 aliphatic rings. The van der Waals surface area contributed by atoms with Gasteiger partial charge in [0.15, 0.2) is 5.96 Å². The van der Waals surface area contributed by atoms with Gasteiger partial charge in [-0.15, -0.1) is 0 Å². The van der Waals surface area contributed by atoms with Crippen molar-refractivity contribution in [2.75, 3.05) is 20.1 Å². The first-order valence-corrected chi connectivity index (χ1v) is 10.3. The van der Waals surface area contributed by atoms with E-state index in [0.29, 0.717) is 19.0 Å². The van der Waals surface area contributed by atoms with Crippen molar-refractivity contribution < 1.29 is 12.9 Å². The predicted octanol–water partition coefficient (Wildman–Crippen LogP) is 0.838. The Balaban J connectivity index is 1.82. The second kappa shape index (κ2) is 10.0. The number of pyridine rings is 1. The van der Waals surface area contributed by atoms with E-state index in [-0.39, 0.29) is 11.4 Å². The fourth-order valence-electron chi connectivity index (χ4n) is 2.49. The topological polar surface area (TPSA) is 122 Å². The molecule has 2 aromatic heterocycles. The van der Waals surface area contributed by atoms with Crippen LogP contribution in [-0.2, 0) is 29.4 Å². The summed E-state index contributed by atoms with van der Waals surface area (Å²) in [7, 11) is -1.91. The number of aryl methyl sites for hydroxylation is 2. The lowest BCUT2D eigenvalue weighted by Crippen LogP contribution is -2.41. The standard InChI is InChI=1S/C17H26N6O3S/c1-4-15-14(16(5-2)26-23-15)12-21-17(18-3)20-9-10-22-27(24,25)13-7-6-8-19-11-13/h6-8,11,22H,4-5,9-10,12H2,1-3H3,(H2,18,20,21). The van der Waals surface area contributed by atoms with Gasteiger partial charge >= 0.3 is 0 Å². The van der Waals surface area contributed by atoms with Gasteiger partial charge in [-0.1, -0.05) is 19.0 Å². The van der Waals surface area contributed by atoms with E-state index < -0.39 is 10.0 Å². The van der Waals surface area contributed by atoms with E-state index in [1.165, 1.54) is 18.5 Å². The van der Waals surface area contributed by atoms with Crippen molar-refractivity contribution in [1.82, 2.24) is 25.5 Å². The van der Waals surface area contributed by atoms with E-state index in [4.69, 9.17) is 4.52 Å². The monoisotopic (exact) mass is 394 g/mol. The third-order valence-corrected chi connectivity index (χ3v) is 5.36. The number of aromatic nitrogens is 2. The van der Waals surface area contributed by atoms with Gasteiger partial charge in [0.1, 0.15) is 10.7 Å². The lowest BCUT2D eigenvalue weighted by molar-refractivity contribution is 0.380. The summed E-state index contributed by atoms with van der Waals surface area (Å²) in [5.41, 5.74) is 1.97. The van der Waals surface area contributed by atoms with E-state index in [2.05, 4.69) is 30.5 Å². The molecule has 148 valence electrons. The number of hydrogen-bond acceptors (Lipinski definition) is 6. The van der Waals surface area contributed by atoms with E-state index >= 15 is 0 Å². The maximum atomic E-state index is 12.1. The molecule has 0 bridgehead atoms. The Labute approximate surface area is 159 Å². The molecule has 0 aliphatic carbocycles. The Kier molecular flexibility index (Phi) is 7.74. The Morgan fingerprint density at radius 3 is 2.67 bits per heavy atom. The molecule has 27 heavy (non-hydrogen) atoms. The third kappa shape index (κ3) is 5.76. The smallest absolute Gasteiger partial charge is 0.242 e. The summed E-state index contributed by atoms with van der Waals surface area (Å²) in [6.07, 6.45) is 4.40. The number of sulfonamides is 1. The predicted molar refractivity (Wildman–Crippen MR) is 103 cm³/mol. The first-order valence-electron chi connectivity index (χ1n) is 8.82. The molecule has 0 aliphatic heterocycles. The quantitative estimate of drug-likeness (QED) is 0.327. The fourth-order valence-corrected chi connectivity index (χ4v) is 3.48. The maximum Gasteiger partial charge on any atom is 0.242 e. The minimum Gasteiger partial charge on any atom is -0.361 e. The molecule has 2 heterocycles. The number of rotatable bonds is 9. The molecule has 0 radical (unpaired) electrons. The Morgan fingerprint density at radius 2 is 2.04 bits per heavy atom. The van der Waals surface area contributed by atoms with Gasteiger partial charge in [-0.3, -0.25) is 9.98 Å². The second-order valence-electron chi connectivity index (χ2n) is 5.68.